The Morgan fingerprint density at radius 2 is 1.67 bits per heavy atom. The molecular weight excluding hydrogens is 454 g/mol. The zero-order chi connectivity index (χ0) is 23.6. The fourth-order valence-electron chi connectivity index (χ4n) is 3.62. The molecule has 0 radical (unpaired) electrons. The van der Waals surface area contributed by atoms with Crippen molar-refractivity contribution in [1.82, 2.24) is 4.98 Å². The number of pyridine rings is 1. The Labute approximate surface area is 189 Å². The SMILES string of the molecule is O=C(O)c1cc(NS(=O)(=O)c2ccc(F)c(F)c2)ccc1N1CCN(c2ccccn2)CC1. The first-order chi connectivity index (χ1) is 15.7. The highest BCUT2D eigenvalue weighted by molar-refractivity contribution is 7.92. The number of nitrogens with zero attached hydrogens (tertiary/aromatic N) is 3. The Bertz CT molecular complexity index is 1280. The minimum atomic E-state index is -4.25. The van der Waals surface area contributed by atoms with Crippen LogP contribution in [-0.4, -0.2) is 50.7 Å². The molecule has 0 amide bonds. The zero-order valence-corrected chi connectivity index (χ0v) is 18.1. The highest BCUT2D eigenvalue weighted by Gasteiger charge is 2.24. The third-order valence-corrected chi connectivity index (χ3v) is 6.65. The summed E-state index contributed by atoms with van der Waals surface area (Å²) in [6.45, 7) is 2.38. The van der Waals surface area contributed by atoms with Crippen LogP contribution in [0.5, 0.6) is 0 Å². The first-order valence-electron chi connectivity index (χ1n) is 10.0. The Kier molecular flexibility index (Phi) is 6.14. The summed E-state index contributed by atoms with van der Waals surface area (Å²) in [5.74, 6) is -2.84. The molecule has 4 rings (SSSR count). The van der Waals surface area contributed by atoms with Crippen LogP contribution in [0.2, 0.25) is 0 Å². The van der Waals surface area contributed by atoms with Gasteiger partial charge in [0, 0.05) is 38.1 Å². The third kappa shape index (κ3) is 4.87. The quantitative estimate of drug-likeness (QED) is 0.566. The van der Waals surface area contributed by atoms with Gasteiger partial charge < -0.3 is 14.9 Å². The normalized spacial score (nSPS) is 14.2. The van der Waals surface area contributed by atoms with E-state index in [4.69, 9.17) is 0 Å². The summed E-state index contributed by atoms with van der Waals surface area (Å²) in [4.78, 5) is 19.8. The minimum Gasteiger partial charge on any atom is -0.478 e. The highest BCUT2D eigenvalue weighted by atomic mass is 32.2. The van der Waals surface area contributed by atoms with E-state index in [0.29, 0.717) is 44.0 Å². The van der Waals surface area contributed by atoms with Crippen LogP contribution in [0.1, 0.15) is 10.4 Å². The number of hydrogen-bond donors (Lipinski definition) is 2. The van der Waals surface area contributed by atoms with E-state index in [1.165, 1.54) is 18.2 Å². The molecule has 0 unspecified atom stereocenters. The van der Waals surface area contributed by atoms with Crippen molar-refractivity contribution in [3.63, 3.8) is 0 Å². The lowest BCUT2D eigenvalue weighted by Crippen LogP contribution is -2.47. The molecule has 2 aromatic carbocycles. The van der Waals surface area contributed by atoms with Crippen LogP contribution in [0.3, 0.4) is 0 Å². The van der Waals surface area contributed by atoms with Gasteiger partial charge in [0.15, 0.2) is 11.6 Å². The highest BCUT2D eigenvalue weighted by Crippen LogP contribution is 2.28. The van der Waals surface area contributed by atoms with Gasteiger partial charge in [0.1, 0.15) is 5.82 Å². The van der Waals surface area contributed by atoms with E-state index >= 15 is 0 Å². The van der Waals surface area contributed by atoms with Gasteiger partial charge >= 0.3 is 5.97 Å². The molecule has 8 nitrogen and oxygen atoms in total. The average Bonchev–Trinajstić information content (AvgIpc) is 2.81. The van der Waals surface area contributed by atoms with E-state index in [1.807, 2.05) is 23.1 Å². The molecular formula is C22H20F2N4O4S. The molecule has 1 fully saturated rings. The number of benzene rings is 2. The molecule has 172 valence electrons. The van der Waals surface area contributed by atoms with Crippen LogP contribution in [0, 0.1) is 11.6 Å². The molecule has 2 heterocycles. The predicted molar refractivity (Wildman–Crippen MR) is 119 cm³/mol. The maximum atomic E-state index is 13.5. The molecule has 0 bridgehead atoms. The Hall–Kier alpha value is -3.73. The van der Waals surface area contributed by atoms with Gasteiger partial charge in [-0.25, -0.2) is 27.0 Å². The molecule has 0 aliphatic carbocycles. The van der Waals surface area contributed by atoms with Crippen molar-refractivity contribution < 1.29 is 27.1 Å². The molecule has 2 N–H and O–H groups in total. The predicted octanol–water partition coefficient (Wildman–Crippen LogP) is 3.19. The second-order valence-corrected chi connectivity index (χ2v) is 9.06. The Morgan fingerprint density at radius 1 is 0.939 bits per heavy atom. The molecule has 1 aromatic heterocycles. The van der Waals surface area contributed by atoms with Gasteiger partial charge in [-0.05, 0) is 48.5 Å². The van der Waals surface area contributed by atoms with Gasteiger partial charge in [0.25, 0.3) is 10.0 Å². The van der Waals surface area contributed by atoms with Crippen LogP contribution in [0.15, 0.2) is 65.7 Å². The van der Waals surface area contributed by atoms with Gasteiger partial charge in [-0.15, -0.1) is 0 Å². The number of carbonyl (C=O) groups is 1. The number of sulfonamides is 1. The Balaban J connectivity index is 1.53. The van der Waals surface area contributed by atoms with E-state index < -0.39 is 32.5 Å². The number of rotatable bonds is 6. The van der Waals surface area contributed by atoms with Crippen LogP contribution in [0.4, 0.5) is 26.0 Å². The number of carboxylic acids is 1. The van der Waals surface area contributed by atoms with Gasteiger partial charge in [-0.3, -0.25) is 4.72 Å². The van der Waals surface area contributed by atoms with Crippen molar-refractivity contribution in [1.29, 1.82) is 0 Å². The second-order valence-electron chi connectivity index (χ2n) is 7.38. The lowest BCUT2D eigenvalue weighted by Gasteiger charge is -2.37. The summed E-state index contributed by atoms with van der Waals surface area (Å²) in [5, 5.41) is 9.72. The van der Waals surface area contributed by atoms with E-state index in [2.05, 4.69) is 14.6 Å². The van der Waals surface area contributed by atoms with Gasteiger partial charge in [-0.2, -0.15) is 0 Å². The lowest BCUT2D eigenvalue weighted by molar-refractivity contribution is 0.0697. The number of anilines is 3. The van der Waals surface area contributed by atoms with E-state index in [-0.39, 0.29) is 11.3 Å². The first-order valence-corrected chi connectivity index (χ1v) is 11.5. The number of nitrogens with one attached hydrogen (secondary N) is 1. The molecule has 3 aromatic rings. The Morgan fingerprint density at radius 3 is 2.30 bits per heavy atom. The first kappa shape index (κ1) is 22.5. The molecule has 1 aliphatic heterocycles. The van der Waals surface area contributed by atoms with Crippen molar-refractivity contribution in [3.8, 4) is 0 Å². The molecule has 1 saturated heterocycles. The van der Waals surface area contributed by atoms with E-state index in [9.17, 15) is 27.1 Å². The number of carboxylic acid groups (broad SMARTS) is 1. The van der Waals surface area contributed by atoms with Crippen LogP contribution in [-0.2, 0) is 10.0 Å². The molecule has 0 saturated carbocycles. The smallest absolute Gasteiger partial charge is 0.337 e. The zero-order valence-electron chi connectivity index (χ0n) is 17.3. The van der Waals surface area contributed by atoms with Crippen molar-refractivity contribution >= 4 is 33.2 Å². The molecule has 11 heteroatoms. The maximum absolute atomic E-state index is 13.5. The van der Waals surface area contributed by atoms with Gasteiger partial charge in [0.2, 0.25) is 0 Å². The fourth-order valence-corrected chi connectivity index (χ4v) is 4.68. The summed E-state index contributed by atoms with van der Waals surface area (Å²) in [5.41, 5.74) is 0.374. The van der Waals surface area contributed by atoms with Crippen LogP contribution >= 0.6 is 0 Å². The number of aromatic carboxylic acids is 1. The third-order valence-electron chi connectivity index (χ3n) is 5.27. The maximum Gasteiger partial charge on any atom is 0.337 e. The number of hydrogen-bond acceptors (Lipinski definition) is 6. The van der Waals surface area contributed by atoms with Crippen molar-refractivity contribution in [2.24, 2.45) is 0 Å². The van der Waals surface area contributed by atoms with Crippen molar-refractivity contribution in [3.05, 3.63) is 78.0 Å². The summed E-state index contributed by atoms with van der Waals surface area (Å²) in [6.07, 6.45) is 1.71. The van der Waals surface area contributed by atoms with E-state index in [0.717, 1.165) is 11.9 Å². The van der Waals surface area contributed by atoms with Crippen LogP contribution in [0.25, 0.3) is 0 Å². The number of piperazine rings is 1. The summed E-state index contributed by atoms with van der Waals surface area (Å²) >= 11 is 0. The topological polar surface area (TPSA) is 103 Å². The fraction of sp³-hybridized carbons (Fsp3) is 0.182. The number of halogens is 2. The average molecular weight is 474 g/mol. The molecule has 0 spiro atoms. The molecule has 1 aliphatic rings. The van der Waals surface area contributed by atoms with Crippen molar-refractivity contribution in [2.75, 3.05) is 40.7 Å². The summed E-state index contributed by atoms with van der Waals surface area (Å²) < 4.78 is 53.9. The molecule has 0 atom stereocenters. The monoisotopic (exact) mass is 474 g/mol. The molecule has 33 heavy (non-hydrogen) atoms. The summed E-state index contributed by atoms with van der Waals surface area (Å²) in [7, 11) is -4.25. The second kappa shape index (κ2) is 9.02. The lowest BCUT2D eigenvalue weighted by atomic mass is 10.1. The van der Waals surface area contributed by atoms with Gasteiger partial charge in [-0.1, -0.05) is 6.07 Å². The largest absolute Gasteiger partial charge is 0.478 e. The van der Waals surface area contributed by atoms with E-state index in [1.54, 1.807) is 6.20 Å². The minimum absolute atomic E-state index is 0.00648. The standard InChI is InChI=1S/C22H20F2N4O4S/c23-18-6-5-16(14-19(18)24)33(31,32)26-15-4-7-20(17(13-15)22(29)30)27-9-11-28(12-10-27)21-3-1-2-8-25-21/h1-8,13-14,26H,9-12H2,(H,29,30). The van der Waals surface area contributed by atoms with Gasteiger partial charge in [0.05, 0.1) is 16.1 Å². The summed E-state index contributed by atoms with van der Waals surface area (Å²) in [6, 6.07) is 12.0. The van der Waals surface area contributed by atoms with Crippen molar-refractivity contribution in [2.45, 2.75) is 4.90 Å². The number of aromatic nitrogens is 1. The van der Waals surface area contributed by atoms with Crippen LogP contribution < -0.4 is 14.5 Å².